The molecule has 1 unspecified atom stereocenters. The van der Waals surface area contributed by atoms with Gasteiger partial charge in [-0.1, -0.05) is 26.2 Å². The molecular formula is C16H29N3. The summed E-state index contributed by atoms with van der Waals surface area (Å²) >= 11 is 0. The molecule has 0 aliphatic heterocycles. The van der Waals surface area contributed by atoms with E-state index in [-0.39, 0.29) is 0 Å². The lowest BCUT2D eigenvalue weighted by Gasteiger charge is -2.30. The smallest absolute Gasteiger partial charge is 0.0628 e. The maximum Gasteiger partial charge on any atom is 0.0628 e. The quantitative estimate of drug-likeness (QED) is 0.819. The van der Waals surface area contributed by atoms with Gasteiger partial charge in [-0.05, 0) is 51.1 Å². The number of aryl methyl sites for hydroxylation is 2. The molecule has 108 valence electrons. The largest absolute Gasteiger partial charge is 0.314 e. The average molecular weight is 263 g/mol. The zero-order chi connectivity index (χ0) is 13.8. The Morgan fingerprint density at radius 1 is 1.37 bits per heavy atom. The Balaban J connectivity index is 2.00. The fraction of sp³-hybridized carbons (Fsp3) is 0.812. The summed E-state index contributed by atoms with van der Waals surface area (Å²) in [7, 11) is 2.05. The highest BCUT2D eigenvalue weighted by Crippen LogP contribution is 2.31. The van der Waals surface area contributed by atoms with E-state index in [9.17, 15) is 0 Å². The van der Waals surface area contributed by atoms with Crippen LogP contribution < -0.4 is 5.32 Å². The van der Waals surface area contributed by atoms with Gasteiger partial charge in [0.2, 0.25) is 0 Å². The Hall–Kier alpha value is -0.830. The Labute approximate surface area is 117 Å². The van der Waals surface area contributed by atoms with Crippen molar-refractivity contribution in [3.8, 4) is 0 Å². The molecule has 1 fully saturated rings. The van der Waals surface area contributed by atoms with Gasteiger partial charge in [-0.2, -0.15) is 5.10 Å². The third kappa shape index (κ3) is 3.59. The van der Waals surface area contributed by atoms with E-state index in [1.165, 1.54) is 49.1 Å². The monoisotopic (exact) mass is 263 g/mol. The zero-order valence-electron chi connectivity index (χ0n) is 13.0. The molecule has 1 aliphatic carbocycles. The lowest BCUT2D eigenvalue weighted by Crippen LogP contribution is -2.35. The summed E-state index contributed by atoms with van der Waals surface area (Å²) < 4.78 is 2.02. The molecule has 0 bridgehead atoms. The Morgan fingerprint density at radius 3 is 2.58 bits per heavy atom. The van der Waals surface area contributed by atoms with Crippen LogP contribution >= 0.6 is 0 Å². The van der Waals surface area contributed by atoms with Crippen molar-refractivity contribution in [2.75, 3.05) is 6.54 Å². The molecule has 1 heterocycles. The van der Waals surface area contributed by atoms with Crippen molar-refractivity contribution >= 4 is 0 Å². The van der Waals surface area contributed by atoms with Gasteiger partial charge in [0.1, 0.15) is 0 Å². The molecule has 0 aromatic carbocycles. The summed E-state index contributed by atoms with van der Waals surface area (Å²) in [6.45, 7) is 7.71. The van der Waals surface area contributed by atoms with Gasteiger partial charge < -0.3 is 5.32 Å². The van der Waals surface area contributed by atoms with Crippen LogP contribution in [0.3, 0.4) is 0 Å². The van der Waals surface area contributed by atoms with Gasteiger partial charge in [0, 0.05) is 18.8 Å². The van der Waals surface area contributed by atoms with Crippen molar-refractivity contribution in [1.82, 2.24) is 15.1 Å². The molecular weight excluding hydrogens is 234 g/mol. The van der Waals surface area contributed by atoms with E-state index < -0.39 is 0 Å². The maximum atomic E-state index is 4.55. The molecule has 3 heteroatoms. The van der Waals surface area contributed by atoms with Crippen LogP contribution in [0.5, 0.6) is 0 Å². The summed E-state index contributed by atoms with van der Waals surface area (Å²) in [6.07, 6.45) is 8.02. The van der Waals surface area contributed by atoms with E-state index in [0.29, 0.717) is 6.04 Å². The normalized spacial score (nSPS) is 17.5. The first-order valence-electron chi connectivity index (χ1n) is 7.84. The van der Waals surface area contributed by atoms with Crippen LogP contribution in [-0.2, 0) is 13.5 Å². The minimum absolute atomic E-state index is 0.631. The fourth-order valence-corrected chi connectivity index (χ4v) is 3.08. The number of nitrogens with one attached hydrogen (secondary N) is 1. The van der Waals surface area contributed by atoms with Gasteiger partial charge >= 0.3 is 0 Å². The van der Waals surface area contributed by atoms with E-state index in [2.05, 4.69) is 31.2 Å². The summed E-state index contributed by atoms with van der Waals surface area (Å²) in [4.78, 5) is 0. The SMILES string of the molecule is CCCNC(Cc1c(C)nn(C)c1C)CC1CCC1. The average Bonchev–Trinajstić information content (AvgIpc) is 2.56. The van der Waals surface area contributed by atoms with Crippen molar-refractivity contribution in [1.29, 1.82) is 0 Å². The lowest BCUT2D eigenvalue weighted by atomic mass is 9.79. The van der Waals surface area contributed by atoms with Crippen LogP contribution in [0.4, 0.5) is 0 Å². The lowest BCUT2D eigenvalue weighted by molar-refractivity contribution is 0.258. The Bertz CT molecular complexity index is 404. The van der Waals surface area contributed by atoms with Crippen LogP contribution in [0.15, 0.2) is 0 Å². The molecule has 0 amide bonds. The minimum Gasteiger partial charge on any atom is -0.314 e. The Morgan fingerprint density at radius 2 is 2.11 bits per heavy atom. The molecule has 0 spiro atoms. The second-order valence-electron chi connectivity index (χ2n) is 6.16. The Kier molecular flexibility index (Phi) is 5.03. The molecule has 1 N–H and O–H groups in total. The van der Waals surface area contributed by atoms with E-state index in [1.807, 2.05) is 11.7 Å². The van der Waals surface area contributed by atoms with Crippen LogP contribution in [0.25, 0.3) is 0 Å². The standard InChI is InChI=1S/C16H29N3/c1-5-9-17-15(10-14-7-6-8-14)11-16-12(2)18-19(4)13(16)3/h14-15,17H,5-11H2,1-4H3. The predicted molar refractivity (Wildman–Crippen MR) is 80.4 cm³/mol. The van der Waals surface area contributed by atoms with Gasteiger partial charge in [-0.3, -0.25) is 4.68 Å². The molecule has 1 atom stereocenters. The molecule has 1 saturated carbocycles. The van der Waals surface area contributed by atoms with E-state index in [1.54, 1.807) is 0 Å². The third-order valence-electron chi connectivity index (χ3n) is 4.64. The highest BCUT2D eigenvalue weighted by Gasteiger charge is 2.23. The highest BCUT2D eigenvalue weighted by atomic mass is 15.3. The van der Waals surface area contributed by atoms with Crippen LogP contribution in [0.1, 0.15) is 56.0 Å². The predicted octanol–water partition coefficient (Wildman–Crippen LogP) is 3.14. The molecule has 3 nitrogen and oxygen atoms in total. The molecule has 1 aliphatic rings. The van der Waals surface area contributed by atoms with Crippen molar-refractivity contribution in [2.45, 2.75) is 65.3 Å². The molecule has 1 aromatic heterocycles. The summed E-state index contributed by atoms with van der Waals surface area (Å²) in [5.74, 6) is 0.964. The van der Waals surface area contributed by atoms with E-state index in [4.69, 9.17) is 0 Å². The maximum absolute atomic E-state index is 4.55. The van der Waals surface area contributed by atoms with Gasteiger partial charge in [0.25, 0.3) is 0 Å². The second-order valence-corrected chi connectivity index (χ2v) is 6.16. The first kappa shape index (κ1) is 14.6. The number of nitrogens with zero attached hydrogens (tertiary/aromatic N) is 2. The molecule has 19 heavy (non-hydrogen) atoms. The number of hydrogen-bond acceptors (Lipinski definition) is 2. The molecule has 0 radical (unpaired) electrons. The summed E-state index contributed by atoms with van der Waals surface area (Å²) in [5, 5.41) is 8.29. The zero-order valence-corrected chi connectivity index (χ0v) is 13.0. The highest BCUT2D eigenvalue weighted by molar-refractivity contribution is 5.25. The third-order valence-corrected chi connectivity index (χ3v) is 4.64. The number of aromatic nitrogens is 2. The minimum atomic E-state index is 0.631. The van der Waals surface area contributed by atoms with Crippen molar-refractivity contribution in [3.05, 3.63) is 17.0 Å². The van der Waals surface area contributed by atoms with Crippen molar-refractivity contribution < 1.29 is 0 Å². The summed E-state index contributed by atoms with van der Waals surface area (Å²) in [5.41, 5.74) is 3.99. The first-order chi connectivity index (χ1) is 9.11. The van der Waals surface area contributed by atoms with Crippen molar-refractivity contribution in [2.24, 2.45) is 13.0 Å². The van der Waals surface area contributed by atoms with Gasteiger partial charge in [-0.15, -0.1) is 0 Å². The van der Waals surface area contributed by atoms with Crippen LogP contribution in [0, 0.1) is 19.8 Å². The van der Waals surface area contributed by atoms with Gasteiger partial charge in [0.05, 0.1) is 5.69 Å². The van der Waals surface area contributed by atoms with Crippen LogP contribution in [-0.4, -0.2) is 22.4 Å². The molecule has 2 rings (SSSR count). The second kappa shape index (κ2) is 6.56. The summed E-state index contributed by atoms with van der Waals surface area (Å²) in [6, 6.07) is 0.631. The van der Waals surface area contributed by atoms with E-state index >= 15 is 0 Å². The van der Waals surface area contributed by atoms with Gasteiger partial charge in [-0.25, -0.2) is 0 Å². The number of hydrogen-bond donors (Lipinski definition) is 1. The molecule has 0 saturated heterocycles. The number of rotatable bonds is 7. The first-order valence-corrected chi connectivity index (χ1v) is 7.84. The fourth-order valence-electron chi connectivity index (χ4n) is 3.08. The molecule has 1 aromatic rings. The van der Waals surface area contributed by atoms with Crippen molar-refractivity contribution in [3.63, 3.8) is 0 Å². The van der Waals surface area contributed by atoms with Gasteiger partial charge in [0.15, 0.2) is 0 Å². The topological polar surface area (TPSA) is 29.9 Å². The van der Waals surface area contributed by atoms with Crippen LogP contribution in [0.2, 0.25) is 0 Å². The van der Waals surface area contributed by atoms with E-state index in [0.717, 1.165) is 18.9 Å².